The maximum Gasteiger partial charge on any atom is 0.335 e. The molecule has 0 saturated heterocycles. The number of rotatable bonds is 4. The van der Waals surface area contributed by atoms with Crippen LogP contribution < -0.4 is 0 Å². The summed E-state index contributed by atoms with van der Waals surface area (Å²) in [6.45, 7) is 14.8. The summed E-state index contributed by atoms with van der Waals surface area (Å²) in [6.07, 6.45) is 35.2. The molecule has 0 amide bonds. The van der Waals surface area contributed by atoms with Crippen molar-refractivity contribution in [2.24, 2.45) is 63.1 Å². The molecule has 2 N–H and O–H groups in total. The predicted octanol–water partition coefficient (Wildman–Crippen LogP) is 9.65. The van der Waals surface area contributed by atoms with E-state index in [-0.39, 0.29) is 16.2 Å². The van der Waals surface area contributed by atoms with E-state index in [1.165, 1.54) is 37.7 Å². The SMILES string of the molecule is C#C.C#C.C#C.CC(C)C1CC[C@]2(C(=O)O)CCC3[C@H](CCC4[C@@]3(C)CCC3C(C)(C)[C@@H](c5cccc(C(=O)O)c5)CC[C@@]34C)C12. The van der Waals surface area contributed by atoms with Crippen molar-refractivity contribution >= 4 is 11.9 Å². The second-order valence-corrected chi connectivity index (χ2v) is 16.3. The van der Waals surface area contributed by atoms with E-state index in [4.69, 9.17) is 0 Å². The lowest BCUT2D eigenvalue weighted by Crippen LogP contribution is -2.63. The molecule has 1 aromatic carbocycles. The Balaban J connectivity index is 0.000000908. The van der Waals surface area contributed by atoms with Gasteiger partial charge in [0.2, 0.25) is 0 Å². The molecule has 0 heterocycles. The maximum absolute atomic E-state index is 12.8. The molecule has 5 aliphatic carbocycles. The molecule has 0 radical (unpaired) electrons. The molecular weight excluding hydrogens is 568 g/mol. The molecule has 5 fully saturated rings. The first-order chi connectivity index (χ1) is 21.8. The van der Waals surface area contributed by atoms with Crippen molar-refractivity contribution in [2.75, 3.05) is 0 Å². The highest BCUT2D eigenvalue weighted by Crippen LogP contribution is 2.74. The summed E-state index contributed by atoms with van der Waals surface area (Å²) < 4.78 is 0. The Morgan fingerprint density at radius 2 is 1.37 bits per heavy atom. The maximum atomic E-state index is 12.8. The summed E-state index contributed by atoms with van der Waals surface area (Å²) in [5, 5.41) is 20.2. The number of hydrogen-bond donors (Lipinski definition) is 2. The van der Waals surface area contributed by atoms with E-state index in [2.05, 4.69) is 86.1 Å². The fraction of sp³-hybridized carbons (Fsp3) is 0.667. The van der Waals surface area contributed by atoms with Gasteiger partial charge in [-0.3, -0.25) is 4.79 Å². The number of benzene rings is 1. The van der Waals surface area contributed by atoms with Crippen LogP contribution in [0, 0.1) is 102 Å². The summed E-state index contributed by atoms with van der Waals surface area (Å²) in [4.78, 5) is 24.6. The van der Waals surface area contributed by atoms with Gasteiger partial charge in [-0.05, 0) is 145 Å². The molecule has 4 heteroatoms. The minimum atomic E-state index is -0.841. The van der Waals surface area contributed by atoms with Gasteiger partial charge < -0.3 is 10.2 Å². The minimum absolute atomic E-state index is 0.0987. The smallest absolute Gasteiger partial charge is 0.335 e. The van der Waals surface area contributed by atoms with Gasteiger partial charge in [-0.15, -0.1) is 38.5 Å². The molecule has 5 aliphatic rings. The number of aliphatic carboxylic acids is 1. The molecule has 46 heavy (non-hydrogen) atoms. The lowest BCUT2D eigenvalue weighted by atomic mass is 9.35. The highest BCUT2D eigenvalue weighted by molar-refractivity contribution is 5.87. The third kappa shape index (κ3) is 5.57. The zero-order valence-corrected chi connectivity index (χ0v) is 29.2. The van der Waals surface area contributed by atoms with Crippen molar-refractivity contribution in [3.8, 4) is 38.5 Å². The molecule has 0 aromatic heterocycles. The predicted molar refractivity (Wildman–Crippen MR) is 188 cm³/mol. The number of terminal acetylenes is 3. The summed E-state index contributed by atoms with van der Waals surface area (Å²) >= 11 is 0. The Hall–Kier alpha value is -3.16. The summed E-state index contributed by atoms with van der Waals surface area (Å²) in [5.74, 6) is 2.98. The molecule has 0 aliphatic heterocycles. The van der Waals surface area contributed by atoms with E-state index in [1.807, 2.05) is 12.1 Å². The first-order valence-electron chi connectivity index (χ1n) is 17.3. The third-order valence-corrected chi connectivity index (χ3v) is 14.5. The van der Waals surface area contributed by atoms with Gasteiger partial charge in [0.15, 0.2) is 0 Å². The zero-order chi connectivity index (χ0) is 34.8. The van der Waals surface area contributed by atoms with Crippen molar-refractivity contribution in [3.05, 3.63) is 35.4 Å². The van der Waals surface area contributed by atoms with E-state index >= 15 is 0 Å². The standard InChI is InChI=1S/C36H52O4.3C2H2/c1-21(2)24-12-18-36(32(39)40)19-14-27-25(30(24)36)10-11-29-34(27,5)17-15-28-33(3,4)26(13-16-35(28,29)6)22-8-7-9-23(20-22)31(37)38;3*1-2/h7-9,20-21,24-30H,10-19H2,1-6H3,(H,37,38)(H,39,40);3*1-2H/t24?,25-,26+,27?,28?,29?,30?,34-,35-,36-;;;/m0.../s1. The fourth-order valence-electron chi connectivity index (χ4n) is 12.9. The molecule has 10 atom stereocenters. The number of hydrogen-bond acceptors (Lipinski definition) is 2. The quantitative estimate of drug-likeness (QED) is 0.326. The highest BCUT2D eigenvalue weighted by Gasteiger charge is 2.68. The van der Waals surface area contributed by atoms with Gasteiger partial charge in [0.1, 0.15) is 0 Å². The van der Waals surface area contributed by atoms with Gasteiger partial charge in [-0.25, -0.2) is 4.79 Å². The van der Waals surface area contributed by atoms with Gasteiger partial charge in [-0.2, -0.15) is 0 Å². The Morgan fingerprint density at radius 1 is 0.761 bits per heavy atom. The third-order valence-electron chi connectivity index (χ3n) is 14.5. The van der Waals surface area contributed by atoms with E-state index in [9.17, 15) is 19.8 Å². The molecule has 5 saturated carbocycles. The largest absolute Gasteiger partial charge is 0.481 e. The van der Waals surface area contributed by atoms with E-state index in [1.54, 1.807) is 6.07 Å². The Morgan fingerprint density at radius 3 is 1.96 bits per heavy atom. The Bertz CT molecular complexity index is 1300. The minimum Gasteiger partial charge on any atom is -0.481 e. The lowest BCUT2D eigenvalue weighted by molar-refractivity contribution is -0.206. The number of fused-ring (bicyclic) bond motifs is 7. The van der Waals surface area contributed by atoms with Crippen LogP contribution >= 0.6 is 0 Å². The van der Waals surface area contributed by atoms with Crippen LogP contribution in [0.2, 0.25) is 0 Å². The highest BCUT2D eigenvalue weighted by atomic mass is 16.4. The van der Waals surface area contributed by atoms with Crippen LogP contribution in [-0.2, 0) is 4.79 Å². The van der Waals surface area contributed by atoms with Crippen LogP contribution in [-0.4, -0.2) is 22.2 Å². The molecule has 5 unspecified atom stereocenters. The normalized spacial score (nSPS) is 39.8. The van der Waals surface area contributed by atoms with Crippen LogP contribution in [0.25, 0.3) is 0 Å². The van der Waals surface area contributed by atoms with Crippen LogP contribution in [0.5, 0.6) is 0 Å². The van der Waals surface area contributed by atoms with E-state index in [0.717, 1.165) is 32.1 Å². The summed E-state index contributed by atoms with van der Waals surface area (Å²) in [7, 11) is 0. The number of carboxylic acid groups (broad SMARTS) is 2. The topological polar surface area (TPSA) is 74.6 Å². The van der Waals surface area contributed by atoms with Crippen molar-refractivity contribution in [2.45, 2.75) is 112 Å². The Labute approximate surface area is 279 Å². The van der Waals surface area contributed by atoms with Crippen LogP contribution in [0.4, 0.5) is 0 Å². The monoisotopic (exact) mass is 626 g/mol. The van der Waals surface area contributed by atoms with E-state index < -0.39 is 17.4 Å². The van der Waals surface area contributed by atoms with Gasteiger partial charge in [0.05, 0.1) is 11.0 Å². The fourth-order valence-corrected chi connectivity index (χ4v) is 12.9. The molecular formula is C42H58O4. The Kier molecular flexibility index (Phi) is 11.3. The number of carbonyl (C=O) groups is 2. The van der Waals surface area contributed by atoms with Crippen molar-refractivity contribution in [1.82, 2.24) is 0 Å². The second kappa shape index (κ2) is 13.9. The molecule has 0 bridgehead atoms. The first kappa shape index (κ1) is 37.3. The molecule has 250 valence electrons. The van der Waals surface area contributed by atoms with Crippen LogP contribution in [0.3, 0.4) is 0 Å². The first-order valence-corrected chi connectivity index (χ1v) is 17.3. The van der Waals surface area contributed by atoms with Crippen molar-refractivity contribution in [3.63, 3.8) is 0 Å². The summed E-state index contributed by atoms with van der Waals surface area (Å²) in [6, 6.07) is 7.73. The van der Waals surface area contributed by atoms with E-state index in [0.29, 0.717) is 52.9 Å². The second-order valence-electron chi connectivity index (χ2n) is 16.3. The number of carboxylic acids is 2. The van der Waals surface area contributed by atoms with Gasteiger partial charge in [-0.1, -0.05) is 53.7 Å². The molecule has 4 nitrogen and oxygen atoms in total. The lowest BCUT2D eigenvalue weighted by Gasteiger charge is -2.69. The average Bonchev–Trinajstić information content (AvgIpc) is 3.46. The van der Waals surface area contributed by atoms with Crippen molar-refractivity contribution in [1.29, 1.82) is 0 Å². The van der Waals surface area contributed by atoms with Gasteiger partial charge in [0.25, 0.3) is 0 Å². The average molecular weight is 627 g/mol. The van der Waals surface area contributed by atoms with Crippen LogP contribution in [0.1, 0.15) is 128 Å². The van der Waals surface area contributed by atoms with Crippen molar-refractivity contribution < 1.29 is 19.8 Å². The number of aromatic carboxylic acids is 1. The molecule has 0 spiro atoms. The summed E-state index contributed by atoms with van der Waals surface area (Å²) in [5.41, 5.74) is 1.78. The zero-order valence-electron chi connectivity index (χ0n) is 29.2. The van der Waals surface area contributed by atoms with Gasteiger partial charge >= 0.3 is 11.9 Å². The van der Waals surface area contributed by atoms with Crippen LogP contribution in [0.15, 0.2) is 24.3 Å². The molecule has 6 rings (SSSR count). The molecule has 1 aromatic rings. The van der Waals surface area contributed by atoms with Gasteiger partial charge in [0, 0.05) is 0 Å².